The van der Waals surface area contributed by atoms with E-state index < -0.39 is 0 Å². The molecule has 0 aromatic heterocycles. The van der Waals surface area contributed by atoms with Gasteiger partial charge in [0.05, 0.1) is 13.2 Å². The molecule has 0 saturated carbocycles. The molecule has 2 nitrogen and oxygen atoms in total. The lowest BCUT2D eigenvalue weighted by Gasteiger charge is -2.30. The molecule has 1 fully saturated rings. The Labute approximate surface area is 95.0 Å². The van der Waals surface area contributed by atoms with Crippen molar-refractivity contribution in [3.05, 3.63) is 0 Å². The maximum Gasteiger partial charge on any atom is 0.0594 e. The minimum absolute atomic E-state index is 0.817. The fourth-order valence-electron chi connectivity index (χ4n) is 2.21. The fraction of sp³-hybridized carbons (Fsp3) is 1.00. The Bertz CT molecular complexity index is 164. The van der Waals surface area contributed by atoms with E-state index in [1.807, 2.05) is 0 Å². The summed E-state index contributed by atoms with van der Waals surface area (Å²) in [4.78, 5) is 2.54. The zero-order chi connectivity index (χ0) is 11.3. The normalized spacial score (nSPS) is 23.0. The largest absolute Gasteiger partial charge is 0.379 e. The minimum Gasteiger partial charge on any atom is -0.379 e. The van der Waals surface area contributed by atoms with Crippen LogP contribution in [0.2, 0.25) is 0 Å². The van der Waals surface area contributed by atoms with Crippen LogP contribution in [-0.4, -0.2) is 37.7 Å². The van der Waals surface area contributed by atoms with Crippen molar-refractivity contribution in [3.8, 4) is 0 Å². The Hall–Kier alpha value is -0.0800. The van der Waals surface area contributed by atoms with Gasteiger partial charge in [-0.1, -0.05) is 27.7 Å². The van der Waals surface area contributed by atoms with E-state index in [9.17, 15) is 0 Å². The predicted octanol–water partition coefficient (Wildman–Crippen LogP) is 2.64. The molecule has 0 amide bonds. The summed E-state index contributed by atoms with van der Waals surface area (Å²) >= 11 is 0. The first-order chi connectivity index (χ1) is 7.09. The lowest BCUT2D eigenvalue weighted by molar-refractivity contribution is 0.0299. The molecule has 1 aliphatic heterocycles. The molecule has 2 heteroatoms. The lowest BCUT2D eigenvalue weighted by atomic mass is 9.88. The summed E-state index contributed by atoms with van der Waals surface area (Å²) in [5.74, 6) is 2.48. The van der Waals surface area contributed by atoms with E-state index in [-0.39, 0.29) is 0 Å². The van der Waals surface area contributed by atoms with Crippen LogP contribution in [0.5, 0.6) is 0 Å². The molecule has 0 aliphatic carbocycles. The van der Waals surface area contributed by atoms with Gasteiger partial charge in [-0.25, -0.2) is 0 Å². The van der Waals surface area contributed by atoms with E-state index >= 15 is 0 Å². The molecule has 15 heavy (non-hydrogen) atoms. The lowest BCUT2D eigenvalue weighted by Crippen LogP contribution is -2.39. The average Bonchev–Trinajstić information content (AvgIpc) is 2.18. The first kappa shape index (κ1) is 13.0. The summed E-state index contributed by atoms with van der Waals surface area (Å²) in [6, 6.07) is 0. The molecule has 0 bridgehead atoms. The average molecular weight is 213 g/mol. The third kappa shape index (κ3) is 4.98. The van der Waals surface area contributed by atoms with Crippen molar-refractivity contribution in [2.24, 2.45) is 17.8 Å². The maximum absolute atomic E-state index is 5.36. The van der Waals surface area contributed by atoms with Gasteiger partial charge < -0.3 is 4.74 Å². The van der Waals surface area contributed by atoms with Crippen LogP contribution in [0, 0.1) is 17.8 Å². The molecule has 1 saturated heterocycles. The van der Waals surface area contributed by atoms with Gasteiger partial charge >= 0.3 is 0 Å². The van der Waals surface area contributed by atoms with Gasteiger partial charge in [0.15, 0.2) is 0 Å². The van der Waals surface area contributed by atoms with Crippen LogP contribution in [0.3, 0.4) is 0 Å². The van der Waals surface area contributed by atoms with Crippen LogP contribution >= 0.6 is 0 Å². The van der Waals surface area contributed by atoms with Crippen LogP contribution in [-0.2, 0) is 4.74 Å². The molecule has 0 aromatic rings. The molecule has 2 unspecified atom stereocenters. The first-order valence-corrected chi connectivity index (χ1v) is 6.39. The molecule has 0 N–H and O–H groups in total. The van der Waals surface area contributed by atoms with Crippen molar-refractivity contribution in [2.75, 3.05) is 32.8 Å². The summed E-state index contributed by atoms with van der Waals surface area (Å²) in [5.41, 5.74) is 0. The predicted molar refractivity (Wildman–Crippen MR) is 65.0 cm³/mol. The van der Waals surface area contributed by atoms with Crippen molar-refractivity contribution >= 4 is 0 Å². The van der Waals surface area contributed by atoms with E-state index in [0.29, 0.717) is 0 Å². The number of rotatable bonds is 5. The zero-order valence-corrected chi connectivity index (χ0v) is 10.8. The Morgan fingerprint density at radius 3 is 2.20 bits per heavy atom. The van der Waals surface area contributed by atoms with Gasteiger partial charge in [0.2, 0.25) is 0 Å². The first-order valence-electron chi connectivity index (χ1n) is 6.39. The van der Waals surface area contributed by atoms with Gasteiger partial charge in [-0.15, -0.1) is 0 Å². The van der Waals surface area contributed by atoms with Crippen molar-refractivity contribution in [1.82, 2.24) is 4.90 Å². The Kier molecular flexibility index (Phi) is 5.62. The number of hydrogen-bond acceptors (Lipinski definition) is 2. The number of morpholine rings is 1. The van der Waals surface area contributed by atoms with Gasteiger partial charge in [0.25, 0.3) is 0 Å². The van der Waals surface area contributed by atoms with Gasteiger partial charge in [0.1, 0.15) is 0 Å². The quantitative estimate of drug-likeness (QED) is 0.696. The van der Waals surface area contributed by atoms with Crippen LogP contribution in [0.15, 0.2) is 0 Å². The van der Waals surface area contributed by atoms with Gasteiger partial charge in [0, 0.05) is 19.6 Å². The number of ether oxygens (including phenoxy) is 1. The van der Waals surface area contributed by atoms with Crippen LogP contribution in [0.25, 0.3) is 0 Å². The molecule has 0 radical (unpaired) electrons. The summed E-state index contributed by atoms with van der Waals surface area (Å²) in [6.07, 6.45) is 1.36. The zero-order valence-electron chi connectivity index (χ0n) is 10.8. The highest BCUT2D eigenvalue weighted by Gasteiger charge is 2.16. The van der Waals surface area contributed by atoms with E-state index in [2.05, 4.69) is 32.6 Å². The highest BCUT2D eigenvalue weighted by molar-refractivity contribution is 4.69. The molecule has 0 spiro atoms. The second-order valence-electron chi connectivity index (χ2n) is 5.48. The second-order valence-corrected chi connectivity index (χ2v) is 5.48. The maximum atomic E-state index is 5.36. The highest BCUT2D eigenvalue weighted by atomic mass is 16.5. The number of nitrogens with zero attached hydrogens (tertiary/aromatic N) is 1. The summed E-state index contributed by atoms with van der Waals surface area (Å²) in [6.45, 7) is 14.8. The van der Waals surface area contributed by atoms with Crippen LogP contribution < -0.4 is 0 Å². The second kappa shape index (κ2) is 6.49. The van der Waals surface area contributed by atoms with Crippen molar-refractivity contribution in [2.45, 2.75) is 34.1 Å². The van der Waals surface area contributed by atoms with Gasteiger partial charge in [-0.3, -0.25) is 4.90 Å². The molecular weight excluding hydrogens is 186 g/mol. The molecule has 1 rings (SSSR count). The molecule has 1 aliphatic rings. The molecule has 2 atom stereocenters. The monoisotopic (exact) mass is 213 g/mol. The molecule has 0 aromatic carbocycles. The fourth-order valence-corrected chi connectivity index (χ4v) is 2.21. The summed E-state index contributed by atoms with van der Waals surface area (Å²) in [7, 11) is 0. The van der Waals surface area contributed by atoms with Gasteiger partial charge in [-0.05, 0) is 24.2 Å². The summed E-state index contributed by atoms with van der Waals surface area (Å²) in [5, 5.41) is 0. The Morgan fingerprint density at radius 1 is 1.07 bits per heavy atom. The topological polar surface area (TPSA) is 12.5 Å². The van der Waals surface area contributed by atoms with Crippen molar-refractivity contribution in [1.29, 1.82) is 0 Å². The third-order valence-electron chi connectivity index (χ3n) is 3.59. The minimum atomic E-state index is 0.817. The standard InChI is InChI=1S/C13H27NO/c1-11(2)13(4)9-12(3)10-14-5-7-15-8-6-14/h11-13H,5-10H2,1-4H3. The number of hydrogen-bond donors (Lipinski definition) is 0. The molecule has 90 valence electrons. The van der Waals surface area contributed by atoms with E-state index in [1.54, 1.807) is 0 Å². The van der Waals surface area contributed by atoms with Crippen molar-refractivity contribution in [3.63, 3.8) is 0 Å². The SMILES string of the molecule is CC(CC(C)C(C)C)CN1CCOCC1. The molecule has 1 heterocycles. The Balaban J connectivity index is 2.19. The van der Waals surface area contributed by atoms with E-state index in [4.69, 9.17) is 4.74 Å². The van der Waals surface area contributed by atoms with Crippen LogP contribution in [0.1, 0.15) is 34.1 Å². The van der Waals surface area contributed by atoms with Crippen LogP contribution in [0.4, 0.5) is 0 Å². The van der Waals surface area contributed by atoms with Gasteiger partial charge in [-0.2, -0.15) is 0 Å². The van der Waals surface area contributed by atoms with E-state index in [0.717, 1.165) is 44.1 Å². The Morgan fingerprint density at radius 2 is 1.67 bits per heavy atom. The van der Waals surface area contributed by atoms with E-state index in [1.165, 1.54) is 13.0 Å². The van der Waals surface area contributed by atoms with Crippen molar-refractivity contribution < 1.29 is 4.74 Å². The third-order valence-corrected chi connectivity index (χ3v) is 3.59. The summed E-state index contributed by atoms with van der Waals surface area (Å²) < 4.78 is 5.36. The molecular formula is C13H27NO. The smallest absolute Gasteiger partial charge is 0.0594 e. The highest BCUT2D eigenvalue weighted by Crippen LogP contribution is 2.20.